The highest BCUT2D eigenvalue weighted by Crippen LogP contribution is 2.39. The average Bonchev–Trinajstić information content (AvgIpc) is 2.36. The Kier molecular flexibility index (Phi) is 5.90. The molecule has 0 N–H and O–H groups in total. The van der Waals surface area contributed by atoms with Crippen LogP contribution in [0.4, 0.5) is 5.69 Å². The molecule has 0 atom stereocenters. The summed E-state index contributed by atoms with van der Waals surface area (Å²) < 4.78 is 33.2. The summed E-state index contributed by atoms with van der Waals surface area (Å²) >= 11 is 1.51. The summed E-state index contributed by atoms with van der Waals surface area (Å²) in [6, 6.07) is 1.94. The summed E-state index contributed by atoms with van der Waals surface area (Å²) in [4.78, 5) is 9.61. The quantitative estimate of drug-likeness (QED) is 0.325. The van der Waals surface area contributed by atoms with Crippen LogP contribution in [0.5, 0.6) is 11.5 Å². The lowest BCUT2D eigenvalue weighted by molar-refractivity contribution is -0.385. The summed E-state index contributed by atoms with van der Waals surface area (Å²) in [6.07, 6.45) is 1.86. The molecular weight excluding hydrogens is 330 g/mol. The summed E-state index contributed by atoms with van der Waals surface area (Å²) in [6.45, 7) is 0.250. The maximum atomic E-state index is 11.5. The molecule has 7 nitrogen and oxygen atoms in total. The van der Waals surface area contributed by atoms with E-state index >= 15 is 0 Å². The fraction of sp³-hybridized carbons (Fsp3) is 0.400. The molecule has 0 spiro atoms. The Morgan fingerprint density at radius 2 is 2.10 bits per heavy atom. The van der Waals surface area contributed by atoms with Crippen LogP contribution in [-0.4, -0.2) is 39.1 Å². The van der Waals surface area contributed by atoms with Gasteiger partial charge in [0.2, 0.25) is 0 Å². The monoisotopic (exact) mass is 341 g/mol. The fourth-order valence-corrected chi connectivity index (χ4v) is 2.65. The van der Waals surface area contributed by atoms with Crippen molar-refractivity contribution >= 4 is 37.2 Å². The number of ether oxygens (including phenoxy) is 2. The number of nitro benzene ring substituents is 1. The Bertz CT molecular complexity index is 604. The number of nitrogens with zero attached hydrogens (tertiary/aromatic N) is 1. The van der Waals surface area contributed by atoms with Gasteiger partial charge in [-0.05, 0) is 6.26 Å². The zero-order valence-corrected chi connectivity index (χ0v) is 13.0. The number of hydrogen-bond acceptors (Lipinski definition) is 7. The molecule has 10 heteroatoms. The van der Waals surface area contributed by atoms with E-state index in [4.69, 9.17) is 20.2 Å². The number of non-ortho nitro benzene ring substituents is 1. The van der Waals surface area contributed by atoms with Crippen molar-refractivity contribution in [2.45, 2.75) is 4.90 Å². The van der Waals surface area contributed by atoms with Crippen molar-refractivity contribution < 1.29 is 22.8 Å². The van der Waals surface area contributed by atoms with Gasteiger partial charge in [0.15, 0.2) is 11.5 Å². The van der Waals surface area contributed by atoms with Crippen LogP contribution >= 0.6 is 22.4 Å². The molecule has 1 aromatic rings. The Morgan fingerprint density at radius 1 is 1.45 bits per heavy atom. The first kappa shape index (κ1) is 16.9. The SMILES string of the molecule is COc1c(OCCSC)cc([N+](=O)[O-])cc1S(=O)(=O)Cl. The van der Waals surface area contributed by atoms with E-state index in [-0.39, 0.29) is 18.1 Å². The van der Waals surface area contributed by atoms with E-state index in [0.717, 1.165) is 12.1 Å². The van der Waals surface area contributed by atoms with Crippen LogP contribution in [0.25, 0.3) is 0 Å². The molecule has 1 rings (SSSR count). The Labute approximate surface area is 124 Å². The van der Waals surface area contributed by atoms with Gasteiger partial charge in [-0.3, -0.25) is 10.1 Å². The smallest absolute Gasteiger partial charge is 0.274 e. The van der Waals surface area contributed by atoms with Gasteiger partial charge in [-0.15, -0.1) is 0 Å². The van der Waals surface area contributed by atoms with Gasteiger partial charge in [0.25, 0.3) is 14.7 Å². The highest BCUT2D eigenvalue weighted by Gasteiger charge is 2.26. The van der Waals surface area contributed by atoms with Crippen LogP contribution in [0.1, 0.15) is 0 Å². The van der Waals surface area contributed by atoms with Crippen molar-refractivity contribution in [2.24, 2.45) is 0 Å². The molecule has 0 aliphatic carbocycles. The highest BCUT2D eigenvalue weighted by atomic mass is 35.7. The van der Waals surface area contributed by atoms with Gasteiger partial charge in [-0.2, -0.15) is 11.8 Å². The van der Waals surface area contributed by atoms with Gasteiger partial charge < -0.3 is 9.47 Å². The molecule has 1 aromatic carbocycles. The van der Waals surface area contributed by atoms with Crippen LogP contribution in [0.15, 0.2) is 17.0 Å². The molecule has 20 heavy (non-hydrogen) atoms. The molecule has 0 unspecified atom stereocenters. The highest BCUT2D eigenvalue weighted by molar-refractivity contribution is 8.13. The minimum atomic E-state index is -4.20. The second-order valence-electron chi connectivity index (χ2n) is 3.51. The molecule has 0 radical (unpaired) electrons. The van der Waals surface area contributed by atoms with Crippen LogP contribution in [0.3, 0.4) is 0 Å². The van der Waals surface area contributed by atoms with Crippen molar-refractivity contribution in [3.05, 3.63) is 22.2 Å². The second kappa shape index (κ2) is 7.00. The van der Waals surface area contributed by atoms with E-state index in [9.17, 15) is 18.5 Å². The number of rotatable bonds is 7. The number of benzene rings is 1. The Balaban J connectivity index is 3.39. The Hall–Kier alpha value is -1.19. The molecule has 0 heterocycles. The number of nitro groups is 1. The molecule has 0 aliphatic heterocycles. The standard InChI is InChI=1S/C10H12ClNO6S2/c1-17-10-8(18-3-4-19-2)5-7(12(13)14)6-9(10)20(11,15)16/h5-6H,3-4H2,1-2H3. The molecule has 0 saturated heterocycles. The van der Waals surface area contributed by atoms with Gasteiger partial charge in [-0.1, -0.05) is 0 Å². The first-order valence-electron chi connectivity index (χ1n) is 5.24. The summed E-state index contributed by atoms with van der Waals surface area (Å²) in [7, 11) is 2.30. The van der Waals surface area contributed by atoms with Crippen molar-refractivity contribution in [1.29, 1.82) is 0 Å². The van der Waals surface area contributed by atoms with E-state index in [1.165, 1.54) is 18.9 Å². The third-order valence-electron chi connectivity index (χ3n) is 2.23. The maximum Gasteiger partial charge on any atom is 0.274 e. The second-order valence-corrected chi connectivity index (χ2v) is 7.03. The Morgan fingerprint density at radius 3 is 2.55 bits per heavy atom. The predicted molar refractivity (Wildman–Crippen MR) is 76.6 cm³/mol. The van der Waals surface area contributed by atoms with Crippen LogP contribution in [-0.2, 0) is 9.05 Å². The van der Waals surface area contributed by atoms with Gasteiger partial charge in [0.05, 0.1) is 24.7 Å². The third-order valence-corrected chi connectivity index (χ3v) is 4.13. The van der Waals surface area contributed by atoms with Crippen molar-refractivity contribution in [2.75, 3.05) is 25.7 Å². The van der Waals surface area contributed by atoms with Crippen molar-refractivity contribution in [1.82, 2.24) is 0 Å². The molecule has 0 bridgehead atoms. The van der Waals surface area contributed by atoms with Gasteiger partial charge in [-0.25, -0.2) is 8.42 Å². The summed E-state index contributed by atoms with van der Waals surface area (Å²) in [5.74, 6) is 0.455. The lowest BCUT2D eigenvalue weighted by atomic mass is 10.3. The number of hydrogen-bond donors (Lipinski definition) is 0. The third kappa shape index (κ3) is 4.15. The number of methoxy groups -OCH3 is 1. The van der Waals surface area contributed by atoms with Crippen LogP contribution < -0.4 is 9.47 Å². The van der Waals surface area contributed by atoms with E-state index < -0.39 is 24.6 Å². The minimum absolute atomic E-state index is 0.0324. The lowest BCUT2D eigenvalue weighted by Crippen LogP contribution is -2.05. The van der Waals surface area contributed by atoms with Crippen molar-refractivity contribution in [3.8, 4) is 11.5 Å². The predicted octanol–water partition coefficient (Wildman–Crippen LogP) is 2.27. The summed E-state index contributed by atoms with van der Waals surface area (Å²) in [5.41, 5.74) is -0.441. The van der Waals surface area contributed by atoms with E-state index in [1.807, 2.05) is 6.26 Å². The van der Waals surface area contributed by atoms with Gasteiger partial charge in [0.1, 0.15) is 4.90 Å². The zero-order valence-electron chi connectivity index (χ0n) is 10.7. The van der Waals surface area contributed by atoms with E-state index in [0.29, 0.717) is 5.75 Å². The van der Waals surface area contributed by atoms with Gasteiger partial charge >= 0.3 is 0 Å². The van der Waals surface area contributed by atoms with Crippen LogP contribution in [0, 0.1) is 10.1 Å². The van der Waals surface area contributed by atoms with Gasteiger partial charge in [0, 0.05) is 22.5 Å². The maximum absolute atomic E-state index is 11.5. The molecule has 0 aliphatic rings. The van der Waals surface area contributed by atoms with E-state index in [2.05, 4.69) is 0 Å². The molecule has 112 valence electrons. The molecule has 0 fully saturated rings. The first-order chi connectivity index (χ1) is 9.31. The molecule has 0 aromatic heterocycles. The fourth-order valence-electron chi connectivity index (χ4n) is 1.39. The number of thioether (sulfide) groups is 1. The molecule has 0 saturated carbocycles. The summed E-state index contributed by atoms with van der Waals surface area (Å²) in [5, 5.41) is 10.8. The average molecular weight is 342 g/mol. The topological polar surface area (TPSA) is 95.7 Å². The normalized spacial score (nSPS) is 11.2. The van der Waals surface area contributed by atoms with E-state index in [1.54, 1.807) is 0 Å². The minimum Gasteiger partial charge on any atom is -0.492 e. The molecule has 0 amide bonds. The van der Waals surface area contributed by atoms with Crippen LogP contribution in [0.2, 0.25) is 0 Å². The molecular formula is C10H12ClNO6S2. The zero-order chi connectivity index (χ0) is 15.3. The first-order valence-corrected chi connectivity index (χ1v) is 8.94. The lowest BCUT2D eigenvalue weighted by Gasteiger charge is -2.12. The van der Waals surface area contributed by atoms with Crippen molar-refractivity contribution in [3.63, 3.8) is 0 Å². The number of halogens is 1. The largest absolute Gasteiger partial charge is 0.492 e.